The summed E-state index contributed by atoms with van der Waals surface area (Å²) in [6, 6.07) is 10.1. The largest absolute Gasteiger partial charge is 0.479 e. The van der Waals surface area contributed by atoms with Crippen LogP contribution < -0.4 is 15.0 Å². The average molecular weight is 422 g/mol. The third-order valence-corrected chi connectivity index (χ3v) is 5.26. The van der Waals surface area contributed by atoms with E-state index < -0.39 is 0 Å². The van der Waals surface area contributed by atoms with Crippen molar-refractivity contribution in [2.75, 3.05) is 43.5 Å². The minimum absolute atomic E-state index is 0.0646. The second-order valence-corrected chi connectivity index (χ2v) is 7.69. The summed E-state index contributed by atoms with van der Waals surface area (Å²) >= 11 is 0. The van der Waals surface area contributed by atoms with Gasteiger partial charge in [0.25, 0.3) is 5.91 Å². The highest BCUT2D eigenvalue weighted by atomic mass is 16.5. The topological polar surface area (TPSA) is 88.4 Å². The van der Waals surface area contributed by atoms with Crippen LogP contribution in [0.15, 0.2) is 36.5 Å². The Labute approximate surface area is 181 Å². The van der Waals surface area contributed by atoms with Crippen LogP contribution in [0.2, 0.25) is 0 Å². The van der Waals surface area contributed by atoms with E-state index in [0.29, 0.717) is 43.6 Å². The fourth-order valence-electron chi connectivity index (χ4n) is 3.61. The van der Waals surface area contributed by atoms with Crippen LogP contribution >= 0.6 is 0 Å². The molecule has 3 heterocycles. The standard InChI is InChI=1S/C22H27N7O2/c1-15-5-7-17(8-6-15)24-22-23-16(2)13-19(25-22)28-9-11-29(12-10-28)21(30)18-14-27(3)26-20(18)31-4/h5-8,13-14H,9-12H2,1-4H3,(H,23,24,25). The van der Waals surface area contributed by atoms with Crippen LogP contribution in [-0.4, -0.2) is 63.8 Å². The number of nitrogens with zero attached hydrogens (tertiary/aromatic N) is 6. The van der Waals surface area contributed by atoms with Crippen molar-refractivity contribution >= 4 is 23.4 Å². The molecule has 0 bridgehead atoms. The number of aryl methyl sites for hydroxylation is 3. The number of nitrogens with one attached hydrogen (secondary N) is 1. The van der Waals surface area contributed by atoms with E-state index >= 15 is 0 Å². The van der Waals surface area contributed by atoms with Crippen molar-refractivity contribution in [2.24, 2.45) is 7.05 Å². The van der Waals surface area contributed by atoms with E-state index in [2.05, 4.69) is 27.2 Å². The van der Waals surface area contributed by atoms with Crippen molar-refractivity contribution in [3.05, 3.63) is 53.3 Å². The van der Waals surface area contributed by atoms with E-state index in [1.54, 1.807) is 17.9 Å². The lowest BCUT2D eigenvalue weighted by Crippen LogP contribution is -2.49. The number of hydrogen-bond acceptors (Lipinski definition) is 7. The molecule has 9 heteroatoms. The van der Waals surface area contributed by atoms with Crippen molar-refractivity contribution in [1.82, 2.24) is 24.6 Å². The summed E-state index contributed by atoms with van der Waals surface area (Å²) in [5.74, 6) is 1.71. The molecule has 4 rings (SSSR count). The van der Waals surface area contributed by atoms with Crippen molar-refractivity contribution in [3.63, 3.8) is 0 Å². The molecule has 1 aliphatic rings. The summed E-state index contributed by atoms with van der Waals surface area (Å²) in [5.41, 5.74) is 3.52. The van der Waals surface area contributed by atoms with Crippen molar-refractivity contribution in [3.8, 4) is 5.88 Å². The molecule has 3 aromatic rings. The maximum atomic E-state index is 12.9. The zero-order valence-electron chi connectivity index (χ0n) is 18.3. The third kappa shape index (κ3) is 4.60. The SMILES string of the molecule is COc1nn(C)cc1C(=O)N1CCN(c2cc(C)nc(Nc3ccc(C)cc3)n2)CC1. The molecule has 31 heavy (non-hydrogen) atoms. The Bertz CT molecular complexity index is 1070. The monoisotopic (exact) mass is 421 g/mol. The molecule has 9 nitrogen and oxygen atoms in total. The smallest absolute Gasteiger partial charge is 0.261 e. The number of benzene rings is 1. The number of hydrogen-bond donors (Lipinski definition) is 1. The first kappa shape index (κ1) is 20.6. The van der Waals surface area contributed by atoms with Crippen molar-refractivity contribution in [1.29, 1.82) is 0 Å². The zero-order chi connectivity index (χ0) is 22.0. The molecule has 0 atom stereocenters. The Morgan fingerprint density at radius 3 is 2.45 bits per heavy atom. The molecule has 162 valence electrons. The summed E-state index contributed by atoms with van der Waals surface area (Å²) in [4.78, 5) is 26.1. The molecular formula is C22H27N7O2. The van der Waals surface area contributed by atoms with Crippen LogP contribution in [0.3, 0.4) is 0 Å². The van der Waals surface area contributed by atoms with E-state index in [4.69, 9.17) is 9.72 Å². The number of amides is 1. The lowest BCUT2D eigenvalue weighted by atomic mass is 10.2. The fourth-order valence-corrected chi connectivity index (χ4v) is 3.61. The number of anilines is 3. The predicted octanol–water partition coefficient (Wildman–Crippen LogP) is 2.54. The predicted molar refractivity (Wildman–Crippen MR) is 119 cm³/mol. The van der Waals surface area contributed by atoms with Gasteiger partial charge in [-0.05, 0) is 26.0 Å². The molecule has 0 unspecified atom stereocenters. The Hall–Kier alpha value is -3.62. The molecule has 1 amide bonds. The van der Waals surface area contributed by atoms with Crippen LogP contribution in [0, 0.1) is 13.8 Å². The molecule has 2 aromatic heterocycles. The highest BCUT2D eigenvalue weighted by Gasteiger charge is 2.27. The quantitative estimate of drug-likeness (QED) is 0.677. The number of ether oxygens (including phenoxy) is 1. The fraction of sp³-hybridized carbons (Fsp3) is 0.364. The van der Waals surface area contributed by atoms with Gasteiger partial charge in [-0.2, -0.15) is 4.98 Å². The minimum Gasteiger partial charge on any atom is -0.479 e. The van der Waals surface area contributed by atoms with Crippen LogP contribution in [-0.2, 0) is 7.05 Å². The van der Waals surface area contributed by atoms with E-state index in [-0.39, 0.29) is 5.91 Å². The van der Waals surface area contributed by atoms with Gasteiger partial charge in [0.15, 0.2) is 0 Å². The molecule has 1 saturated heterocycles. The van der Waals surface area contributed by atoms with Crippen LogP contribution in [0.5, 0.6) is 5.88 Å². The van der Waals surface area contributed by atoms with Crippen molar-refractivity contribution in [2.45, 2.75) is 13.8 Å². The first-order chi connectivity index (χ1) is 14.9. The van der Waals surface area contributed by atoms with Gasteiger partial charge in [-0.25, -0.2) is 4.98 Å². The minimum atomic E-state index is -0.0646. The number of carbonyl (C=O) groups is 1. The second kappa shape index (κ2) is 8.63. The number of carbonyl (C=O) groups excluding carboxylic acids is 1. The molecule has 1 N–H and O–H groups in total. The molecule has 0 aliphatic carbocycles. The number of methoxy groups -OCH3 is 1. The Morgan fingerprint density at radius 2 is 1.77 bits per heavy atom. The summed E-state index contributed by atoms with van der Waals surface area (Å²) in [5, 5.41) is 7.46. The van der Waals surface area contributed by atoms with Crippen LogP contribution in [0.1, 0.15) is 21.6 Å². The number of rotatable bonds is 5. The van der Waals surface area contributed by atoms with Gasteiger partial charge in [0.1, 0.15) is 11.4 Å². The lowest BCUT2D eigenvalue weighted by Gasteiger charge is -2.35. The van der Waals surface area contributed by atoms with Gasteiger partial charge in [0, 0.05) is 56.9 Å². The maximum Gasteiger partial charge on any atom is 0.261 e. The molecular weight excluding hydrogens is 394 g/mol. The summed E-state index contributed by atoms with van der Waals surface area (Å²) in [6.07, 6.45) is 1.70. The highest BCUT2D eigenvalue weighted by molar-refractivity contribution is 5.96. The van der Waals surface area contributed by atoms with Crippen molar-refractivity contribution < 1.29 is 9.53 Å². The molecule has 1 fully saturated rings. The Morgan fingerprint density at radius 1 is 1.06 bits per heavy atom. The zero-order valence-corrected chi connectivity index (χ0v) is 18.3. The van der Waals surface area contributed by atoms with Gasteiger partial charge >= 0.3 is 0 Å². The molecule has 1 aliphatic heterocycles. The molecule has 0 spiro atoms. The molecule has 1 aromatic carbocycles. The maximum absolute atomic E-state index is 12.9. The van der Waals surface area contributed by atoms with E-state index in [9.17, 15) is 4.79 Å². The summed E-state index contributed by atoms with van der Waals surface area (Å²) in [6.45, 7) is 6.59. The first-order valence-electron chi connectivity index (χ1n) is 10.2. The molecule has 0 saturated carbocycles. The van der Waals surface area contributed by atoms with E-state index in [1.807, 2.05) is 42.2 Å². The van der Waals surface area contributed by atoms with E-state index in [1.165, 1.54) is 12.7 Å². The summed E-state index contributed by atoms with van der Waals surface area (Å²) < 4.78 is 6.83. The first-order valence-corrected chi connectivity index (χ1v) is 10.2. The van der Waals surface area contributed by atoms with E-state index in [0.717, 1.165) is 17.2 Å². The average Bonchev–Trinajstić information content (AvgIpc) is 3.15. The Kier molecular flexibility index (Phi) is 5.75. The van der Waals surface area contributed by atoms with Gasteiger partial charge in [-0.1, -0.05) is 17.7 Å². The lowest BCUT2D eigenvalue weighted by molar-refractivity contribution is 0.0743. The van der Waals surface area contributed by atoms with Gasteiger partial charge in [-0.15, -0.1) is 5.10 Å². The van der Waals surface area contributed by atoms with Gasteiger partial charge in [0.05, 0.1) is 7.11 Å². The second-order valence-electron chi connectivity index (χ2n) is 7.69. The highest BCUT2D eigenvalue weighted by Crippen LogP contribution is 2.22. The molecule has 0 radical (unpaired) electrons. The van der Waals surface area contributed by atoms with Gasteiger partial charge in [0.2, 0.25) is 11.8 Å². The summed E-state index contributed by atoms with van der Waals surface area (Å²) in [7, 11) is 3.30. The Balaban J connectivity index is 1.44. The van der Waals surface area contributed by atoms with Crippen LogP contribution in [0.25, 0.3) is 0 Å². The number of aromatic nitrogens is 4. The van der Waals surface area contributed by atoms with Crippen LogP contribution in [0.4, 0.5) is 17.5 Å². The van der Waals surface area contributed by atoms with Gasteiger partial charge < -0.3 is 19.9 Å². The van der Waals surface area contributed by atoms with Gasteiger partial charge in [-0.3, -0.25) is 9.48 Å². The normalized spacial score (nSPS) is 13.9. The number of piperazine rings is 1. The third-order valence-electron chi connectivity index (χ3n) is 5.26.